The molecule has 31 heavy (non-hydrogen) atoms. The van der Waals surface area contributed by atoms with Gasteiger partial charge < -0.3 is 19.1 Å². The molecule has 7 heteroatoms. The van der Waals surface area contributed by atoms with Gasteiger partial charge in [0.2, 0.25) is 0 Å². The zero-order chi connectivity index (χ0) is 21.6. The number of carboxylic acid groups (broad SMARTS) is 1. The Balaban J connectivity index is 1.36. The Hall–Kier alpha value is -3.45. The van der Waals surface area contributed by atoms with Gasteiger partial charge in [-0.05, 0) is 55.3 Å². The Morgan fingerprint density at radius 2 is 1.68 bits per heavy atom. The molecule has 0 saturated heterocycles. The molecule has 0 radical (unpaired) electrons. The first-order valence-electron chi connectivity index (χ1n) is 10.4. The van der Waals surface area contributed by atoms with Crippen LogP contribution < -0.4 is 4.74 Å². The molecule has 1 aromatic carbocycles. The van der Waals surface area contributed by atoms with Crippen LogP contribution in [0.1, 0.15) is 18.9 Å². The molecule has 4 rings (SSSR count). The molecule has 0 amide bonds. The van der Waals surface area contributed by atoms with E-state index in [1.165, 1.54) is 0 Å². The average molecular weight is 419 g/mol. The third-order valence-electron chi connectivity index (χ3n) is 5.16. The second-order valence-corrected chi connectivity index (χ2v) is 7.23. The summed E-state index contributed by atoms with van der Waals surface area (Å²) in [5.74, 6) is -0.193. The molecule has 0 saturated carbocycles. The van der Waals surface area contributed by atoms with E-state index in [9.17, 15) is 9.90 Å². The van der Waals surface area contributed by atoms with Gasteiger partial charge in [-0.25, -0.2) is 14.8 Å². The number of benzene rings is 1. The summed E-state index contributed by atoms with van der Waals surface area (Å²) >= 11 is 0. The van der Waals surface area contributed by atoms with Crippen molar-refractivity contribution in [3.63, 3.8) is 0 Å². The summed E-state index contributed by atoms with van der Waals surface area (Å²) < 4.78 is 13.3. The van der Waals surface area contributed by atoms with Crippen LogP contribution in [0.25, 0.3) is 22.1 Å². The van der Waals surface area contributed by atoms with E-state index in [4.69, 9.17) is 9.47 Å². The van der Waals surface area contributed by atoms with Crippen LogP contribution in [0.2, 0.25) is 0 Å². The van der Waals surface area contributed by atoms with Crippen LogP contribution in [0, 0.1) is 0 Å². The second kappa shape index (κ2) is 9.57. The van der Waals surface area contributed by atoms with Gasteiger partial charge in [-0.1, -0.05) is 12.1 Å². The van der Waals surface area contributed by atoms with Crippen molar-refractivity contribution in [2.24, 2.45) is 0 Å². The highest BCUT2D eigenvalue weighted by Gasteiger charge is 2.18. The van der Waals surface area contributed by atoms with Crippen LogP contribution in [0.4, 0.5) is 0 Å². The van der Waals surface area contributed by atoms with Crippen LogP contribution in [-0.2, 0) is 22.5 Å². The van der Waals surface area contributed by atoms with E-state index in [1.54, 1.807) is 19.3 Å². The van der Waals surface area contributed by atoms with Crippen molar-refractivity contribution in [2.45, 2.75) is 32.4 Å². The third-order valence-corrected chi connectivity index (χ3v) is 5.16. The largest absolute Gasteiger partial charge is 0.494 e. The molecule has 4 aromatic rings. The standard InChI is InChI=1S/C24H25N3O4/c1-2-30-21(24(28)29)16-17-8-10-18(11-9-17)31-15-5-14-27-22-19(6-3-12-25-22)20-7-4-13-26-23(20)27/h3-4,6-13,21H,2,5,14-16H2,1H3,(H,28,29). The second-order valence-electron chi connectivity index (χ2n) is 7.23. The monoisotopic (exact) mass is 419 g/mol. The Morgan fingerprint density at radius 3 is 2.26 bits per heavy atom. The first-order chi connectivity index (χ1) is 15.2. The van der Waals surface area contributed by atoms with Gasteiger partial charge in [-0.2, -0.15) is 0 Å². The SMILES string of the molecule is CCOC(Cc1ccc(OCCCn2c3ncccc3c3cccnc32)cc1)C(=O)O. The summed E-state index contributed by atoms with van der Waals surface area (Å²) in [6.45, 7) is 3.46. The molecular formula is C24H25N3O4. The van der Waals surface area contributed by atoms with Crippen LogP contribution >= 0.6 is 0 Å². The first-order valence-corrected chi connectivity index (χ1v) is 10.4. The normalized spacial score (nSPS) is 12.3. The van der Waals surface area contributed by atoms with Gasteiger partial charge in [0.25, 0.3) is 0 Å². The Morgan fingerprint density at radius 1 is 1.03 bits per heavy atom. The summed E-state index contributed by atoms with van der Waals surface area (Å²) in [4.78, 5) is 20.3. The molecule has 1 atom stereocenters. The van der Waals surface area contributed by atoms with Crippen LogP contribution in [-0.4, -0.2) is 44.9 Å². The number of rotatable bonds is 10. The molecule has 3 heterocycles. The van der Waals surface area contributed by atoms with Crippen molar-refractivity contribution in [3.8, 4) is 5.75 Å². The predicted molar refractivity (Wildman–Crippen MR) is 118 cm³/mol. The zero-order valence-electron chi connectivity index (χ0n) is 17.4. The number of fused-ring (bicyclic) bond motifs is 3. The molecule has 0 bridgehead atoms. The molecule has 0 aliphatic rings. The lowest BCUT2D eigenvalue weighted by Gasteiger charge is -2.13. The van der Waals surface area contributed by atoms with E-state index >= 15 is 0 Å². The van der Waals surface area contributed by atoms with Gasteiger partial charge in [0.1, 0.15) is 17.0 Å². The number of ether oxygens (including phenoxy) is 2. The fraction of sp³-hybridized carbons (Fsp3) is 0.292. The summed E-state index contributed by atoms with van der Waals surface area (Å²) in [5.41, 5.74) is 2.77. The lowest BCUT2D eigenvalue weighted by atomic mass is 10.1. The van der Waals surface area contributed by atoms with E-state index in [0.29, 0.717) is 19.6 Å². The zero-order valence-corrected chi connectivity index (χ0v) is 17.4. The molecule has 1 unspecified atom stereocenters. The van der Waals surface area contributed by atoms with Crippen LogP contribution in [0.5, 0.6) is 5.75 Å². The van der Waals surface area contributed by atoms with E-state index in [0.717, 1.165) is 46.3 Å². The quantitative estimate of drug-likeness (QED) is 0.390. The average Bonchev–Trinajstić information content (AvgIpc) is 3.11. The Kier molecular flexibility index (Phi) is 6.43. The highest BCUT2D eigenvalue weighted by atomic mass is 16.5. The molecule has 0 fully saturated rings. The van der Waals surface area contributed by atoms with Crippen molar-refractivity contribution in [2.75, 3.05) is 13.2 Å². The maximum Gasteiger partial charge on any atom is 0.333 e. The molecular weight excluding hydrogens is 394 g/mol. The molecule has 3 aromatic heterocycles. The lowest BCUT2D eigenvalue weighted by molar-refractivity contribution is -0.149. The first kappa shape index (κ1) is 20.8. The molecule has 0 aliphatic heterocycles. The minimum atomic E-state index is -0.948. The van der Waals surface area contributed by atoms with Gasteiger partial charge >= 0.3 is 5.97 Å². The fourth-order valence-corrected chi connectivity index (χ4v) is 3.72. The topological polar surface area (TPSA) is 86.5 Å². The van der Waals surface area contributed by atoms with E-state index in [2.05, 4.69) is 26.7 Å². The number of aromatic nitrogens is 3. The van der Waals surface area contributed by atoms with Crippen LogP contribution in [0.15, 0.2) is 60.9 Å². The molecule has 7 nitrogen and oxygen atoms in total. The van der Waals surface area contributed by atoms with E-state index < -0.39 is 12.1 Å². The number of nitrogens with zero attached hydrogens (tertiary/aromatic N) is 3. The smallest absolute Gasteiger partial charge is 0.333 e. The molecule has 0 spiro atoms. The minimum Gasteiger partial charge on any atom is -0.494 e. The van der Waals surface area contributed by atoms with E-state index in [-0.39, 0.29) is 0 Å². The van der Waals surface area contributed by atoms with Crippen LogP contribution in [0.3, 0.4) is 0 Å². The van der Waals surface area contributed by atoms with Crippen molar-refractivity contribution < 1.29 is 19.4 Å². The van der Waals surface area contributed by atoms with Gasteiger partial charge in [0.05, 0.1) is 6.61 Å². The van der Waals surface area contributed by atoms with Crippen molar-refractivity contribution in [1.82, 2.24) is 14.5 Å². The van der Waals surface area contributed by atoms with Crippen molar-refractivity contribution >= 4 is 28.0 Å². The number of carbonyl (C=O) groups is 1. The number of pyridine rings is 2. The number of hydrogen-bond donors (Lipinski definition) is 1. The summed E-state index contributed by atoms with van der Waals surface area (Å²) in [6.07, 6.45) is 3.91. The Bertz CT molecular complexity index is 1120. The number of carboxylic acids is 1. The summed E-state index contributed by atoms with van der Waals surface area (Å²) in [7, 11) is 0. The summed E-state index contributed by atoms with van der Waals surface area (Å²) in [6, 6.07) is 15.5. The van der Waals surface area contributed by atoms with Gasteiger partial charge in [-0.15, -0.1) is 0 Å². The third kappa shape index (κ3) is 4.67. The molecule has 160 valence electrons. The highest BCUT2D eigenvalue weighted by molar-refractivity contribution is 6.04. The van der Waals surface area contributed by atoms with Crippen molar-refractivity contribution in [3.05, 3.63) is 66.5 Å². The van der Waals surface area contributed by atoms with E-state index in [1.807, 2.05) is 36.4 Å². The maximum atomic E-state index is 11.2. The highest BCUT2D eigenvalue weighted by Crippen LogP contribution is 2.26. The van der Waals surface area contributed by atoms with Gasteiger partial charge in [0.15, 0.2) is 6.10 Å². The predicted octanol–water partition coefficient (Wildman–Crippen LogP) is 4.09. The minimum absolute atomic E-state index is 0.331. The lowest BCUT2D eigenvalue weighted by Crippen LogP contribution is -2.26. The maximum absolute atomic E-state index is 11.2. The Labute approximate surface area is 180 Å². The number of aryl methyl sites for hydroxylation is 1. The fourth-order valence-electron chi connectivity index (χ4n) is 3.72. The number of hydrogen-bond acceptors (Lipinski definition) is 5. The summed E-state index contributed by atoms with van der Waals surface area (Å²) in [5, 5.41) is 11.4. The van der Waals surface area contributed by atoms with Crippen molar-refractivity contribution in [1.29, 1.82) is 0 Å². The van der Waals surface area contributed by atoms with Gasteiger partial charge in [-0.3, -0.25) is 0 Å². The molecule has 0 aliphatic carbocycles. The van der Waals surface area contributed by atoms with Gasteiger partial charge in [0, 0.05) is 42.7 Å². The molecule has 1 N–H and O–H groups in total. The number of aliphatic carboxylic acids is 1.